The van der Waals surface area contributed by atoms with Gasteiger partial charge in [0, 0.05) is 29.1 Å². The van der Waals surface area contributed by atoms with Crippen molar-refractivity contribution in [3.8, 4) is 23.0 Å². The lowest BCUT2D eigenvalue weighted by atomic mass is 10.1. The van der Waals surface area contributed by atoms with Crippen molar-refractivity contribution in [2.45, 2.75) is 20.1 Å². The zero-order chi connectivity index (χ0) is 21.5. The van der Waals surface area contributed by atoms with Gasteiger partial charge in [-0.15, -0.1) is 11.3 Å². The van der Waals surface area contributed by atoms with Crippen LogP contribution in [0.4, 0.5) is 0 Å². The van der Waals surface area contributed by atoms with E-state index in [4.69, 9.17) is 18.9 Å². The molecule has 30 heavy (non-hydrogen) atoms. The van der Waals surface area contributed by atoms with Crippen molar-refractivity contribution in [2.24, 2.45) is 0 Å². The van der Waals surface area contributed by atoms with Gasteiger partial charge in [-0.25, -0.2) is 4.98 Å². The van der Waals surface area contributed by atoms with E-state index in [2.05, 4.69) is 10.3 Å². The number of amides is 1. The van der Waals surface area contributed by atoms with Gasteiger partial charge in [-0.05, 0) is 31.2 Å². The minimum Gasteiger partial charge on any atom is -0.496 e. The van der Waals surface area contributed by atoms with Crippen molar-refractivity contribution >= 4 is 17.2 Å². The molecule has 2 aromatic carbocycles. The average Bonchev–Trinajstić information content (AvgIpc) is 3.20. The number of aryl methyl sites for hydroxylation is 1. The molecule has 0 atom stereocenters. The Kier molecular flexibility index (Phi) is 7.13. The molecule has 1 N–H and O–H groups in total. The summed E-state index contributed by atoms with van der Waals surface area (Å²) in [6.07, 6.45) is 0. The molecule has 3 aromatic rings. The number of nitrogens with one attached hydrogen (secondary N) is 1. The second-order valence-electron chi connectivity index (χ2n) is 6.38. The fourth-order valence-electron chi connectivity index (χ4n) is 2.87. The molecule has 3 rings (SSSR count). The summed E-state index contributed by atoms with van der Waals surface area (Å²) in [5.74, 6) is 2.11. The predicted octanol–water partition coefficient (Wildman–Crippen LogP) is 3.99. The molecular formula is C22H24N2O5S. The summed E-state index contributed by atoms with van der Waals surface area (Å²) >= 11 is 1.58. The molecule has 0 bridgehead atoms. The third-order valence-electron chi connectivity index (χ3n) is 4.38. The Bertz CT molecular complexity index is 1020. The molecule has 1 aromatic heterocycles. The number of nitrogens with zero attached hydrogens (tertiary/aromatic N) is 1. The number of hydrogen-bond acceptors (Lipinski definition) is 7. The smallest absolute Gasteiger partial charge is 0.251 e. The lowest BCUT2D eigenvalue weighted by molar-refractivity contribution is 0.0950. The first-order chi connectivity index (χ1) is 14.5. The van der Waals surface area contributed by atoms with Gasteiger partial charge < -0.3 is 24.3 Å². The molecule has 0 spiro atoms. The minimum atomic E-state index is -0.221. The standard InChI is InChI=1S/C22H24N2O5S/c1-14-24-17(13-30-14)12-29-18-7-5-6-15(8-18)22(25)23-11-16-9-20(27-3)21(28-4)10-19(16)26-2/h5-10,13H,11-12H2,1-4H3,(H,23,25). The number of methoxy groups -OCH3 is 3. The molecule has 1 heterocycles. The fourth-order valence-corrected chi connectivity index (χ4v) is 3.46. The van der Waals surface area contributed by atoms with E-state index in [1.54, 1.807) is 63.0 Å². The summed E-state index contributed by atoms with van der Waals surface area (Å²) in [7, 11) is 4.69. The van der Waals surface area contributed by atoms with Crippen LogP contribution in [0, 0.1) is 6.92 Å². The van der Waals surface area contributed by atoms with Crippen molar-refractivity contribution < 1.29 is 23.7 Å². The van der Waals surface area contributed by atoms with Crippen molar-refractivity contribution in [3.63, 3.8) is 0 Å². The number of rotatable bonds is 9. The highest BCUT2D eigenvalue weighted by Gasteiger charge is 2.14. The fraction of sp³-hybridized carbons (Fsp3) is 0.273. The van der Waals surface area contributed by atoms with E-state index in [-0.39, 0.29) is 12.5 Å². The number of hydrogen-bond donors (Lipinski definition) is 1. The molecule has 0 radical (unpaired) electrons. The second kappa shape index (κ2) is 9.98. The Balaban J connectivity index is 1.66. The molecule has 7 nitrogen and oxygen atoms in total. The van der Waals surface area contributed by atoms with Gasteiger partial charge >= 0.3 is 0 Å². The summed E-state index contributed by atoms with van der Waals surface area (Å²) in [4.78, 5) is 17.0. The molecule has 0 aliphatic carbocycles. The van der Waals surface area contributed by atoms with Crippen LogP contribution in [-0.4, -0.2) is 32.2 Å². The SMILES string of the molecule is COc1cc(OC)c(OC)cc1CNC(=O)c1cccc(OCc2csc(C)n2)c1. The topological polar surface area (TPSA) is 78.9 Å². The van der Waals surface area contributed by atoms with Gasteiger partial charge in [-0.2, -0.15) is 0 Å². The number of aromatic nitrogens is 1. The first-order valence-corrected chi connectivity index (χ1v) is 10.1. The molecular weight excluding hydrogens is 404 g/mol. The molecule has 0 saturated heterocycles. The third-order valence-corrected chi connectivity index (χ3v) is 5.20. The van der Waals surface area contributed by atoms with Gasteiger partial charge in [0.15, 0.2) is 11.5 Å². The Morgan fingerprint density at radius 1 is 1.03 bits per heavy atom. The van der Waals surface area contributed by atoms with Crippen LogP contribution in [0.25, 0.3) is 0 Å². The summed E-state index contributed by atoms with van der Waals surface area (Å²) in [6, 6.07) is 10.6. The van der Waals surface area contributed by atoms with Crippen LogP contribution in [0.1, 0.15) is 26.6 Å². The Morgan fingerprint density at radius 3 is 2.43 bits per heavy atom. The van der Waals surface area contributed by atoms with Crippen LogP contribution in [0.3, 0.4) is 0 Å². The van der Waals surface area contributed by atoms with E-state index in [1.165, 1.54) is 0 Å². The van der Waals surface area contributed by atoms with E-state index < -0.39 is 0 Å². The molecule has 0 saturated carbocycles. The number of carbonyl (C=O) groups is 1. The molecule has 158 valence electrons. The van der Waals surface area contributed by atoms with Crippen LogP contribution < -0.4 is 24.3 Å². The number of carbonyl (C=O) groups excluding carboxylic acids is 1. The average molecular weight is 429 g/mol. The Labute approximate surface area is 179 Å². The summed E-state index contributed by atoms with van der Waals surface area (Å²) in [5.41, 5.74) is 2.14. The zero-order valence-electron chi connectivity index (χ0n) is 17.4. The number of ether oxygens (including phenoxy) is 4. The maximum absolute atomic E-state index is 12.7. The normalized spacial score (nSPS) is 10.4. The molecule has 8 heteroatoms. The highest BCUT2D eigenvalue weighted by Crippen LogP contribution is 2.34. The lowest BCUT2D eigenvalue weighted by Crippen LogP contribution is -2.23. The first kappa shape index (κ1) is 21.4. The van der Waals surface area contributed by atoms with Gasteiger partial charge in [0.05, 0.1) is 32.0 Å². The summed E-state index contributed by atoms with van der Waals surface area (Å²) in [5, 5.41) is 5.86. The summed E-state index contributed by atoms with van der Waals surface area (Å²) in [6.45, 7) is 2.58. The number of benzene rings is 2. The molecule has 0 aliphatic rings. The van der Waals surface area contributed by atoms with E-state index in [0.29, 0.717) is 35.2 Å². The van der Waals surface area contributed by atoms with Crippen LogP contribution in [0.5, 0.6) is 23.0 Å². The van der Waals surface area contributed by atoms with Crippen molar-refractivity contribution in [1.29, 1.82) is 0 Å². The van der Waals surface area contributed by atoms with E-state index in [1.807, 2.05) is 18.4 Å². The highest BCUT2D eigenvalue weighted by atomic mass is 32.1. The second-order valence-corrected chi connectivity index (χ2v) is 7.44. The zero-order valence-corrected chi connectivity index (χ0v) is 18.2. The van der Waals surface area contributed by atoms with Crippen molar-refractivity contribution in [3.05, 3.63) is 63.6 Å². The van der Waals surface area contributed by atoms with Crippen molar-refractivity contribution in [2.75, 3.05) is 21.3 Å². The summed E-state index contributed by atoms with van der Waals surface area (Å²) < 4.78 is 21.8. The molecule has 0 fully saturated rings. The first-order valence-electron chi connectivity index (χ1n) is 9.25. The van der Waals surface area contributed by atoms with E-state index in [0.717, 1.165) is 16.3 Å². The van der Waals surface area contributed by atoms with Crippen LogP contribution in [-0.2, 0) is 13.2 Å². The maximum atomic E-state index is 12.7. The van der Waals surface area contributed by atoms with Gasteiger partial charge in [-0.3, -0.25) is 4.79 Å². The monoisotopic (exact) mass is 428 g/mol. The van der Waals surface area contributed by atoms with Crippen LogP contribution >= 0.6 is 11.3 Å². The van der Waals surface area contributed by atoms with E-state index >= 15 is 0 Å². The van der Waals surface area contributed by atoms with Crippen molar-refractivity contribution in [1.82, 2.24) is 10.3 Å². The van der Waals surface area contributed by atoms with Gasteiger partial charge in [0.25, 0.3) is 5.91 Å². The largest absolute Gasteiger partial charge is 0.496 e. The quantitative estimate of drug-likeness (QED) is 0.555. The maximum Gasteiger partial charge on any atom is 0.251 e. The van der Waals surface area contributed by atoms with Crippen LogP contribution in [0.15, 0.2) is 41.8 Å². The third kappa shape index (κ3) is 5.21. The van der Waals surface area contributed by atoms with E-state index in [9.17, 15) is 4.79 Å². The van der Waals surface area contributed by atoms with Gasteiger partial charge in [-0.1, -0.05) is 6.07 Å². The number of thiazole rings is 1. The Morgan fingerprint density at radius 2 is 1.77 bits per heavy atom. The lowest BCUT2D eigenvalue weighted by Gasteiger charge is -2.14. The van der Waals surface area contributed by atoms with Crippen LogP contribution in [0.2, 0.25) is 0 Å². The predicted molar refractivity (Wildman–Crippen MR) is 115 cm³/mol. The minimum absolute atomic E-state index is 0.221. The highest BCUT2D eigenvalue weighted by molar-refractivity contribution is 7.09. The molecule has 0 aliphatic heterocycles. The van der Waals surface area contributed by atoms with Gasteiger partial charge in [0.1, 0.15) is 18.1 Å². The van der Waals surface area contributed by atoms with Gasteiger partial charge in [0.2, 0.25) is 0 Å². The molecule has 1 amide bonds. The Hall–Kier alpha value is -3.26. The molecule has 0 unspecified atom stereocenters.